The van der Waals surface area contributed by atoms with E-state index in [2.05, 4.69) is 15.2 Å². The molecule has 0 saturated carbocycles. The summed E-state index contributed by atoms with van der Waals surface area (Å²) in [4.78, 5) is 12.4. The number of halogens is 2. The van der Waals surface area contributed by atoms with Crippen LogP contribution in [0.3, 0.4) is 0 Å². The van der Waals surface area contributed by atoms with Crippen molar-refractivity contribution >= 4 is 15.7 Å². The summed E-state index contributed by atoms with van der Waals surface area (Å²) in [6, 6.07) is 7.27. The number of benzene rings is 1. The number of hydrogen-bond donors (Lipinski definition) is 1. The number of aryl methyl sites for hydroxylation is 1. The lowest BCUT2D eigenvalue weighted by Crippen LogP contribution is -2.37. The highest BCUT2D eigenvalue weighted by atomic mass is 32.2. The van der Waals surface area contributed by atoms with Gasteiger partial charge in [0.25, 0.3) is 5.91 Å². The number of nitrogens with one attached hydrogen (secondary N) is 1. The van der Waals surface area contributed by atoms with Crippen LogP contribution in [-0.4, -0.2) is 36.5 Å². The first kappa shape index (κ1) is 17.3. The lowest BCUT2D eigenvalue weighted by atomic mass is 10.0. The van der Waals surface area contributed by atoms with Crippen molar-refractivity contribution in [1.82, 2.24) is 15.1 Å². The molecule has 0 radical (unpaired) electrons. The summed E-state index contributed by atoms with van der Waals surface area (Å²) in [5.74, 6) is -1.25. The number of alkyl halides is 2. The number of sulfone groups is 1. The summed E-state index contributed by atoms with van der Waals surface area (Å²) < 4.78 is 54.0. The first-order chi connectivity index (χ1) is 11.7. The third-order valence-electron chi connectivity index (χ3n) is 3.81. The fraction of sp³-hybridized carbons (Fsp3) is 0.333. The first-order valence-corrected chi connectivity index (χ1v) is 9.15. The van der Waals surface area contributed by atoms with Crippen LogP contribution >= 0.6 is 0 Å². The molecule has 2 aromatic rings. The SMILES string of the molecule is Cn1nc(C(=O)NC2CS(=O)(=O)Cc3ccccc32)cc1OC(F)F. The van der Waals surface area contributed by atoms with E-state index in [0.29, 0.717) is 11.1 Å². The Kier molecular flexibility index (Phi) is 4.46. The van der Waals surface area contributed by atoms with Crippen molar-refractivity contribution in [2.45, 2.75) is 18.4 Å². The van der Waals surface area contributed by atoms with E-state index < -0.39 is 28.4 Å². The molecule has 7 nitrogen and oxygen atoms in total. The number of amides is 1. The topological polar surface area (TPSA) is 90.3 Å². The fourth-order valence-corrected chi connectivity index (χ4v) is 4.38. The minimum absolute atomic E-state index is 0.0779. The van der Waals surface area contributed by atoms with Gasteiger partial charge in [0.2, 0.25) is 5.88 Å². The molecule has 1 aromatic heterocycles. The Hall–Kier alpha value is -2.49. The van der Waals surface area contributed by atoms with Gasteiger partial charge in [0.05, 0.1) is 17.5 Å². The maximum atomic E-state index is 12.4. The molecule has 0 fully saturated rings. The van der Waals surface area contributed by atoms with Gasteiger partial charge in [-0.25, -0.2) is 13.1 Å². The largest absolute Gasteiger partial charge is 0.417 e. The summed E-state index contributed by atoms with van der Waals surface area (Å²) in [6.45, 7) is -3.04. The van der Waals surface area contributed by atoms with E-state index in [1.807, 2.05) is 0 Å². The molecule has 0 spiro atoms. The Balaban J connectivity index is 1.84. The zero-order chi connectivity index (χ0) is 18.2. The number of carbonyl (C=O) groups is 1. The Morgan fingerprint density at radius 3 is 2.84 bits per heavy atom. The standard InChI is InChI=1S/C15H15F2N3O4S/c1-20-13(24-15(16)17)6-11(19-20)14(21)18-12-8-25(22,23)7-9-4-2-3-5-10(9)12/h2-6,12,15H,7-8H2,1H3,(H,18,21). The van der Waals surface area contributed by atoms with Gasteiger partial charge >= 0.3 is 6.61 Å². The van der Waals surface area contributed by atoms with E-state index in [1.54, 1.807) is 24.3 Å². The quantitative estimate of drug-likeness (QED) is 0.878. The van der Waals surface area contributed by atoms with Gasteiger partial charge in [0.15, 0.2) is 15.5 Å². The number of carbonyl (C=O) groups excluding carboxylic acids is 1. The van der Waals surface area contributed by atoms with Gasteiger partial charge in [-0.3, -0.25) is 4.79 Å². The van der Waals surface area contributed by atoms with Crippen molar-refractivity contribution in [2.24, 2.45) is 7.05 Å². The molecule has 1 aliphatic heterocycles. The average molecular weight is 371 g/mol. The van der Waals surface area contributed by atoms with E-state index in [1.165, 1.54) is 7.05 Å². The molecular formula is C15H15F2N3O4S. The maximum Gasteiger partial charge on any atom is 0.388 e. The molecule has 1 atom stereocenters. The van der Waals surface area contributed by atoms with Crippen molar-refractivity contribution in [2.75, 3.05) is 5.75 Å². The van der Waals surface area contributed by atoms with Crippen molar-refractivity contribution in [3.05, 3.63) is 47.2 Å². The third-order valence-corrected chi connectivity index (χ3v) is 5.40. The average Bonchev–Trinajstić information content (AvgIpc) is 2.86. The fourth-order valence-electron chi connectivity index (χ4n) is 2.76. The van der Waals surface area contributed by atoms with E-state index in [9.17, 15) is 22.0 Å². The highest BCUT2D eigenvalue weighted by Gasteiger charge is 2.31. The van der Waals surface area contributed by atoms with Crippen LogP contribution < -0.4 is 10.1 Å². The van der Waals surface area contributed by atoms with E-state index in [-0.39, 0.29) is 23.1 Å². The second-order valence-electron chi connectivity index (χ2n) is 5.65. The normalized spacial score (nSPS) is 18.6. The van der Waals surface area contributed by atoms with Gasteiger partial charge in [-0.1, -0.05) is 24.3 Å². The van der Waals surface area contributed by atoms with Gasteiger partial charge in [-0.05, 0) is 11.1 Å². The van der Waals surface area contributed by atoms with Gasteiger partial charge in [-0.2, -0.15) is 13.9 Å². The molecule has 0 bridgehead atoms. The second-order valence-corrected chi connectivity index (χ2v) is 7.76. The Morgan fingerprint density at radius 1 is 1.40 bits per heavy atom. The molecule has 1 aromatic carbocycles. The molecule has 25 heavy (non-hydrogen) atoms. The molecular weight excluding hydrogens is 356 g/mol. The molecule has 1 aliphatic rings. The van der Waals surface area contributed by atoms with Crippen LogP contribution in [-0.2, 0) is 22.6 Å². The minimum Gasteiger partial charge on any atom is -0.417 e. The highest BCUT2D eigenvalue weighted by molar-refractivity contribution is 7.90. The predicted octanol–water partition coefficient (Wildman–Crippen LogP) is 1.42. The number of aromatic nitrogens is 2. The van der Waals surface area contributed by atoms with Crippen molar-refractivity contribution in [3.63, 3.8) is 0 Å². The highest BCUT2D eigenvalue weighted by Crippen LogP contribution is 2.28. The lowest BCUT2D eigenvalue weighted by molar-refractivity contribution is -0.0553. The second kappa shape index (κ2) is 6.43. The number of fused-ring (bicyclic) bond motifs is 1. The van der Waals surface area contributed by atoms with Crippen LogP contribution in [0.15, 0.2) is 30.3 Å². The van der Waals surface area contributed by atoms with Crippen molar-refractivity contribution in [1.29, 1.82) is 0 Å². The number of ether oxygens (including phenoxy) is 1. The Morgan fingerprint density at radius 2 is 2.12 bits per heavy atom. The maximum absolute atomic E-state index is 12.4. The summed E-state index contributed by atoms with van der Waals surface area (Å²) in [6.07, 6.45) is 0. The molecule has 1 N–H and O–H groups in total. The molecule has 1 amide bonds. The predicted molar refractivity (Wildman–Crippen MR) is 84.0 cm³/mol. The summed E-state index contributed by atoms with van der Waals surface area (Å²) in [5, 5.41) is 6.42. The lowest BCUT2D eigenvalue weighted by Gasteiger charge is -2.26. The molecule has 10 heteroatoms. The van der Waals surface area contributed by atoms with E-state index >= 15 is 0 Å². The molecule has 1 unspecified atom stereocenters. The van der Waals surface area contributed by atoms with Gasteiger partial charge in [0.1, 0.15) is 0 Å². The summed E-state index contributed by atoms with van der Waals surface area (Å²) >= 11 is 0. The van der Waals surface area contributed by atoms with Crippen LogP contribution in [0.2, 0.25) is 0 Å². The van der Waals surface area contributed by atoms with Crippen LogP contribution in [0.25, 0.3) is 0 Å². The minimum atomic E-state index is -3.36. The zero-order valence-corrected chi connectivity index (χ0v) is 14.0. The van der Waals surface area contributed by atoms with Crippen LogP contribution in [0, 0.1) is 0 Å². The van der Waals surface area contributed by atoms with Gasteiger partial charge < -0.3 is 10.1 Å². The monoisotopic (exact) mass is 371 g/mol. The molecule has 3 rings (SSSR count). The summed E-state index contributed by atoms with van der Waals surface area (Å²) in [7, 11) is -2.00. The molecule has 134 valence electrons. The van der Waals surface area contributed by atoms with Crippen molar-refractivity contribution in [3.8, 4) is 5.88 Å². The van der Waals surface area contributed by atoms with E-state index in [4.69, 9.17) is 0 Å². The first-order valence-electron chi connectivity index (χ1n) is 7.33. The number of rotatable bonds is 4. The van der Waals surface area contributed by atoms with Crippen LogP contribution in [0.1, 0.15) is 27.7 Å². The third kappa shape index (κ3) is 3.78. The smallest absolute Gasteiger partial charge is 0.388 e. The number of nitrogens with zero attached hydrogens (tertiary/aromatic N) is 2. The van der Waals surface area contributed by atoms with Crippen LogP contribution in [0.4, 0.5) is 8.78 Å². The van der Waals surface area contributed by atoms with Crippen LogP contribution in [0.5, 0.6) is 5.88 Å². The molecule has 0 saturated heterocycles. The van der Waals surface area contributed by atoms with E-state index in [0.717, 1.165) is 10.7 Å². The molecule has 2 heterocycles. The zero-order valence-electron chi connectivity index (χ0n) is 13.1. The van der Waals surface area contributed by atoms with Crippen molar-refractivity contribution < 1.29 is 26.7 Å². The molecule has 0 aliphatic carbocycles. The van der Waals surface area contributed by atoms with Gasteiger partial charge in [0, 0.05) is 13.1 Å². The number of hydrogen-bond acceptors (Lipinski definition) is 5. The Labute approximate surface area is 142 Å². The summed E-state index contributed by atoms with van der Waals surface area (Å²) in [5.41, 5.74) is 1.20. The Bertz CT molecular complexity index is 911. The van der Waals surface area contributed by atoms with Gasteiger partial charge in [-0.15, -0.1) is 0 Å².